The zero-order valence-electron chi connectivity index (χ0n) is 15.5. The second-order valence-electron chi connectivity index (χ2n) is 6.70. The van der Waals surface area contributed by atoms with Crippen LogP contribution in [0.5, 0.6) is 11.5 Å². The highest BCUT2D eigenvalue weighted by atomic mass is 35.5. The first-order valence-electron chi connectivity index (χ1n) is 9.04. The molecule has 9 heteroatoms. The summed E-state index contributed by atoms with van der Waals surface area (Å²) >= 11 is 5.66. The number of alkyl halides is 3. The summed E-state index contributed by atoms with van der Waals surface area (Å²) in [6.45, 7) is -0.0735. The summed E-state index contributed by atoms with van der Waals surface area (Å²) in [5.74, 6) is -2.29. The molecule has 30 heavy (non-hydrogen) atoms. The van der Waals surface area contributed by atoms with Gasteiger partial charge in [-0.25, -0.2) is 9.18 Å². The minimum atomic E-state index is -4.89. The SMILES string of the molecule is O=C(OCCCCc1ccc(O)cc1)C1=Cc2cc(Cl)c(F)cc2OC1C(F)(F)F. The molecule has 1 aliphatic rings. The molecule has 1 unspecified atom stereocenters. The van der Waals surface area contributed by atoms with Gasteiger partial charge in [-0.3, -0.25) is 0 Å². The summed E-state index contributed by atoms with van der Waals surface area (Å²) in [6, 6.07) is 8.45. The van der Waals surface area contributed by atoms with E-state index in [9.17, 15) is 27.5 Å². The van der Waals surface area contributed by atoms with Crippen LogP contribution < -0.4 is 4.74 Å². The van der Waals surface area contributed by atoms with Gasteiger partial charge >= 0.3 is 12.1 Å². The van der Waals surface area contributed by atoms with Gasteiger partial charge < -0.3 is 14.6 Å². The van der Waals surface area contributed by atoms with Gasteiger partial charge in [-0.1, -0.05) is 23.7 Å². The highest BCUT2D eigenvalue weighted by Gasteiger charge is 2.49. The van der Waals surface area contributed by atoms with E-state index in [0.29, 0.717) is 19.3 Å². The number of benzene rings is 2. The molecular weight excluding hydrogens is 428 g/mol. The molecule has 0 bridgehead atoms. The van der Waals surface area contributed by atoms with Crippen LogP contribution in [0.1, 0.15) is 24.0 Å². The zero-order valence-corrected chi connectivity index (χ0v) is 16.3. The molecular formula is C21H17ClF4O4. The Kier molecular flexibility index (Phi) is 6.55. The first kappa shape index (κ1) is 22.0. The second-order valence-corrected chi connectivity index (χ2v) is 7.11. The Morgan fingerprint density at radius 2 is 1.87 bits per heavy atom. The van der Waals surface area contributed by atoms with E-state index in [-0.39, 0.29) is 28.7 Å². The predicted molar refractivity (Wildman–Crippen MR) is 102 cm³/mol. The number of carbonyl (C=O) groups is 1. The largest absolute Gasteiger partial charge is 0.508 e. The first-order chi connectivity index (χ1) is 14.1. The van der Waals surface area contributed by atoms with Crippen LogP contribution in [0.15, 0.2) is 42.0 Å². The fraction of sp³-hybridized carbons (Fsp3) is 0.286. The van der Waals surface area contributed by atoms with Crippen LogP contribution >= 0.6 is 11.6 Å². The van der Waals surface area contributed by atoms with Crippen LogP contribution in [-0.4, -0.2) is 30.0 Å². The van der Waals surface area contributed by atoms with Gasteiger partial charge in [0.25, 0.3) is 0 Å². The van der Waals surface area contributed by atoms with Crippen molar-refractivity contribution in [3.8, 4) is 11.5 Å². The number of aryl methyl sites for hydroxylation is 1. The third-order valence-corrected chi connectivity index (χ3v) is 4.74. The summed E-state index contributed by atoms with van der Waals surface area (Å²) in [7, 11) is 0. The maximum Gasteiger partial charge on any atom is 0.430 e. The van der Waals surface area contributed by atoms with E-state index >= 15 is 0 Å². The van der Waals surface area contributed by atoms with Gasteiger partial charge in [-0.15, -0.1) is 0 Å². The summed E-state index contributed by atoms with van der Waals surface area (Å²) in [6.07, 6.45) is -4.76. The van der Waals surface area contributed by atoms with E-state index in [2.05, 4.69) is 0 Å². The quantitative estimate of drug-likeness (QED) is 0.365. The van der Waals surface area contributed by atoms with Crippen molar-refractivity contribution in [2.45, 2.75) is 31.5 Å². The number of halogens is 5. The number of unbranched alkanes of at least 4 members (excludes halogenated alkanes) is 1. The molecule has 0 amide bonds. The molecule has 1 N–H and O–H groups in total. The molecule has 160 valence electrons. The van der Waals surface area contributed by atoms with E-state index in [4.69, 9.17) is 21.1 Å². The van der Waals surface area contributed by atoms with Gasteiger partial charge in [0.05, 0.1) is 17.2 Å². The number of esters is 1. The molecule has 0 radical (unpaired) electrons. The smallest absolute Gasteiger partial charge is 0.430 e. The number of hydrogen-bond donors (Lipinski definition) is 1. The van der Waals surface area contributed by atoms with Gasteiger partial charge in [0, 0.05) is 11.6 Å². The van der Waals surface area contributed by atoms with Gasteiger partial charge in [-0.2, -0.15) is 13.2 Å². The molecule has 1 atom stereocenters. The average Bonchev–Trinajstić information content (AvgIpc) is 2.68. The van der Waals surface area contributed by atoms with E-state index in [1.54, 1.807) is 24.3 Å². The first-order valence-corrected chi connectivity index (χ1v) is 9.42. The Bertz CT molecular complexity index is 955. The van der Waals surface area contributed by atoms with Gasteiger partial charge in [-0.05, 0) is 49.1 Å². The average molecular weight is 445 g/mol. The zero-order chi connectivity index (χ0) is 21.9. The summed E-state index contributed by atoms with van der Waals surface area (Å²) < 4.78 is 63.5. The topological polar surface area (TPSA) is 55.8 Å². The molecule has 0 aliphatic carbocycles. The molecule has 0 saturated heterocycles. The molecule has 0 fully saturated rings. The number of rotatable bonds is 6. The van der Waals surface area contributed by atoms with Crippen molar-refractivity contribution in [3.63, 3.8) is 0 Å². The van der Waals surface area contributed by atoms with Crippen molar-refractivity contribution in [3.05, 3.63) is 63.9 Å². The maximum atomic E-state index is 13.5. The lowest BCUT2D eigenvalue weighted by Crippen LogP contribution is -2.40. The molecule has 0 aromatic heterocycles. The fourth-order valence-corrected chi connectivity index (χ4v) is 3.12. The minimum Gasteiger partial charge on any atom is -0.508 e. The van der Waals surface area contributed by atoms with Crippen molar-refractivity contribution in [1.82, 2.24) is 0 Å². The second kappa shape index (κ2) is 8.95. The van der Waals surface area contributed by atoms with E-state index < -0.39 is 29.6 Å². The summed E-state index contributed by atoms with van der Waals surface area (Å²) in [5, 5.41) is 8.94. The molecule has 0 spiro atoms. The Morgan fingerprint density at radius 3 is 2.53 bits per heavy atom. The third-order valence-electron chi connectivity index (χ3n) is 4.45. The van der Waals surface area contributed by atoms with E-state index in [1.165, 1.54) is 0 Å². The highest BCUT2D eigenvalue weighted by Crippen LogP contribution is 2.39. The third kappa shape index (κ3) is 5.24. The van der Waals surface area contributed by atoms with Crippen molar-refractivity contribution >= 4 is 23.6 Å². The Hall–Kier alpha value is -2.74. The van der Waals surface area contributed by atoms with Gasteiger partial charge in [0.15, 0.2) is 0 Å². The number of carbonyl (C=O) groups excluding carboxylic acids is 1. The van der Waals surface area contributed by atoms with Crippen molar-refractivity contribution < 1.29 is 36.9 Å². The molecule has 1 aliphatic heterocycles. The van der Waals surface area contributed by atoms with Crippen LogP contribution in [0.25, 0.3) is 6.08 Å². The van der Waals surface area contributed by atoms with Gasteiger partial charge in [0.1, 0.15) is 17.3 Å². The highest BCUT2D eigenvalue weighted by molar-refractivity contribution is 6.31. The molecule has 2 aromatic carbocycles. The maximum absolute atomic E-state index is 13.5. The van der Waals surface area contributed by atoms with E-state index in [1.807, 2.05) is 0 Å². The summed E-state index contributed by atoms with van der Waals surface area (Å²) in [5.41, 5.74) is 0.303. The summed E-state index contributed by atoms with van der Waals surface area (Å²) in [4.78, 5) is 12.3. The molecule has 0 saturated carbocycles. The number of phenolic OH excluding ortho intramolecular Hbond substituents is 1. The molecule has 2 aromatic rings. The lowest BCUT2D eigenvalue weighted by molar-refractivity contribution is -0.188. The fourth-order valence-electron chi connectivity index (χ4n) is 2.94. The van der Waals surface area contributed by atoms with Crippen molar-refractivity contribution in [2.24, 2.45) is 0 Å². The van der Waals surface area contributed by atoms with Crippen LogP contribution in [0.3, 0.4) is 0 Å². The Balaban J connectivity index is 1.63. The monoisotopic (exact) mass is 444 g/mol. The molecule has 3 rings (SSSR count). The standard InChI is InChI=1S/C21H17ClF4O4/c22-16-10-13-9-15(19(21(24,25)26)30-18(13)11-17(16)23)20(28)29-8-2-1-3-12-4-6-14(27)7-5-12/h4-7,9-11,19,27H,1-3,8H2. The van der Waals surface area contributed by atoms with Crippen LogP contribution in [0.4, 0.5) is 17.6 Å². The number of aromatic hydroxyl groups is 1. The van der Waals surface area contributed by atoms with Crippen LogP contribution in [-0.2, 0) is 16.0 Å². The predicted octanol–water partition coefficient (Wildman–Crippen LogP) is 5.46. The van der Waals surface area contributed by atoms with Crippen LogP contribution in [0.2, 0.25) is 5.02 Å². The Morgan fingerprint density at radius 1 is 1.17 bits per heavy atom. The number of fused-ring (bicyclic) bond motifs is 1. The lowest BCUT2D eigenvalue weighted by Gasteiger charge is -2.28. The number of ether oxygens (including phenoxy) is 2. The lowest BCUT2D eigenvalue weighted by atomic mass is 10.0. The van der Waals surface area contributed by atoms with Crippen molar-refractivity contribution in [2.75, 3.05) is 6.61 Å². The van der Waals surface area contributed by atoms with Gasteiger partial charge in [0.2, 0.25) is 6.10 Å². The normalized spacial score (nSPS) is 15.8. The van der Waals surface area contributed by atoms with Crippen molar-refractivity contribution in [1.29, 1.82) is 0 Å². The molecule has 1 heterocycles. The molecule has 4 nitrogen and oxygen atoms in total. The van der Waals surface area contributed by atoms with E-state index in [0.717, 1.165) is 23.8 Å². The van der Waals surface area contributed by atoms with Crippen LogP contribution in [0, 0.1) is 5.82 Å². The number of hydrogen-bond acceptors (Lipinski definition) is 4. The number of phenols is 1. The minimum absolute atomic E-state index is 0.0566. The Labute approximate surface area is 174 Å².